The van der Waals surface area contributed by atoms with Crippen molar-refractivity contribution in [3.63, 3.8) is 0 Å². The maximum atomic E-state index is 12.5. The van der Waals surface area contributed by atoms with Gasteiger partial charge in [-0.2, -0.15) is 0 Å². The zero-order chi connectivity index (χ0) is 18.3. The number of hydrogen-bond donors (Lipinski definition) is 4. The van der Waals surface area contributed by atoms with Gasteiger partial charge in [-0.15, -0.1) is 0 Å². The number of primary amides is 1. The zero-order valence-electron chi connectivity index (χ0n) is 14.5. The highest BCUT2D eigenvalue weighted by atomic mass is 16.6. The fourth-order valence-corrected chi connectivity index (χ4v) is 3.12. The van der Waals surface area contributed by atoms with Gasteiger partial charge >= 0.3 is 6.09 Å². The van der Waals surface area contributed by atoms with Gasteiger partial charge in [0.05, 0.1) is 12.6 Å². The molecule has 2 fully saturated rings. The van der Waals surface area contributed by atoms with Crippen LogP contribution in [0.25, 0.3) is 0 Å². The third kappa shape index (κ3) is 3.46. The summed E-state index contributed by atoms with van der Waals surface area (Å²) >= 11 is 0. The molecule has 24 heavy (non-hydrogen) atoms. The van der Waals surface area contributed by atoms with Crippen LogP contribution >= 0.6 is 0 Å². The molecule has 0 aromatic carbocycles. The first kappa shape index (κ1) is 18.5. The predicted octanol–water partition coefficient (Wildman–Crippen LogP) is -1.31. The summed E-state index contributed by atoms with van der Waals surface area (Å²) in [6.07, 6.45) is -1.23. The van der Waals surface area contributed by atoms with Gasteiger partial charge < -0.3 is 20.9 Å². The molecule has 2 saturated heterocycles. The third-order valence-electron chi connectivity index (χ3n) is 4.29. The van der Waals surface area contributed by atoms with Crippen LogP contribution in [-0.2, 0) is 14.3 Å². The molecule has 3 amide bonds. The molecule has 4 unspecified atom stereocenters. The van der Waals surface area contributed by atoms with E-state index in [-0.39, 0.29) is 18.5 Å². The molecule has 5 N–H and O–H groups in total. The first-order chi connectivity index (χ1) is 11.0. The van der Waals surface area contributed by atoms with Gasteiger partial charge in [0.25, 0.3) is 0 Å². The second-order valence-electron chi connectivity index (χ2n) is 7.49. The fraction of sp³-hybridized carbons (Fsp3) is 0.800. The fourth-order valence-electron chi connectivity index (χ4n) is 3.12. The number of carbonyl (C=O) groups is 3. The lowest BCUT2D eigenvalue weighted by atomic mass is 9.87. The molecule has 2 aliphatic heterocycles. The van der Waals surface area contributed by atoms with Gasteiger partial charge in [0, 0.05) is 12.6 Å². The SMILES string of the molecule is CC(O)C(NC1CN(C(=O)OC(C)(C)C)C2(CNC2=O)C1)C(N)=O. The van der Waals surface area contributed by atoms with Crippen molar-refractivity contribution >= 4 is 17.9 Å². The average Bonchev–Trinajstić information content (AvgIpc) is 2.82. The molecule has 0 radical (unpaired) electrons. The Balaban J connectivity index is 2.15. The van der Waals surface area contributed by atoms with Crippen molar-refractivity contribution in [1.82, 2.24) is 15.5 Å². The number of aliphatic hydroxyl groups is 1. The number of likely N-dealkylation sites (tertiary alicyclic amines) is 1. The molecule has 136 valence electrons. The van der Waals surface area contributed by atoms with Gasteiger partial charge in [0.2, 0.25) is 11.8 Å². The minimum absolute atomic E-state index is 0.193. The van der Waals surface area contributed by atoms with Crippen LogP contribution < -0.4 is 16.4 Å². The van der Waals surface area contributed by atoms with Crippen molar-refractivity contribution in [1.29, 1.82) is 0 Å². The smallest absolute Gasteiger partial charge is 0.411 e. The van der Waals surface area contributed by atoms with Crippen molar-refractivity contribution in [2.45, 2.75) is 63.4 Å². The zero-order valence-corrected chi connectivity index (χ0v) is 14.5. The van der Waals surface area contributed by atoms with E-state index in [0.717, 1.165) is 0 Å². The van der Waals surface area contributed by atoms with Crippen molar-refractivity contribution in [3.05, 3.63) is 0 Å². The number of ether oxygens (including phenoxy) is 1. The number of nitrogens with one attached hydrogen (secondary N) is 2. The molecule has 2 rings (SSSR count). The van der Waals surface area contributed by atoms with Gasteiger partial charge in [-0.3, -0.25) is 19.8 Å². The summed E-state index contributed by atoms with van der Waals surface area (Å²) in [7, 11) is 0. The standard InChI is InChI=1S/C15H26N4O5/c1-8(20)10(11(16)21)18-9-5-15(7-17-12(15)22)19(6-9)13(23)24-14(2,3)4/h8-10,18,20H,5-7H2,1-4H3,(H2,16,21)(H,17,22). The van der Waals surface area contributed by atoms with Crippen LogP contribution in [0.1, 0.15) is 34.1 Å². The van der Waals surface area contributed by atoms with Crippen LogP contribution in [0.2, 0.25) is 0 Å². The number of carbonyl (C=O) groups excluding carboxylic acids is 3. The molecule has 0 aliphatic carbocycles. The Labute approximate surface area is 140 Å². The highest BCUT2D eigenvalue weighted by Gasteiger charge is 2.59. The van der Waals surface area contributed by atoms with Crippen molar-refractivity contribution < 1.29 is 24.2 Å². The summed E-state index contributed by atoms with van der Waals surface area (Å²) in [4.78, 5) is 37.4. The average molecular weight is 342 g/mol. The van der Waals surface area contributed by atoms with E-state index in [1.165, 1.54) is 11.8 Å². The molecule has 2 aliphatic rings. The molecule has 0 aromatic rings. The van der Waals surface area contributed by atoms with Crippen LogP contribution in [0.4, 0.5) is 4.79 Å². The van der Waals surface area contributed by atoms with Crippen LogP contribution in [0.3, 0.4) is 0 Å². The van der Waals surface area contributed by atoms with E-state index in [2.05, 4.69) is 10.6 Å². The van der Waals surface area contributed by atoms with Crippen molar-refractivity contribution in [2.24, 2.45) is 5.73 Å². The van der Waals surface area contributed by atoms with Crippen LogP contribution in [0, 0.1) is 0 Å². The Hall–Kier alpha value is -1.87. The Morgan fingerprint density at radius 1 is 1.50 bits per heavy atom. The van der Waals surface area contributed by atoms with Gasteiger partial charge in [-0.1, -0.05) is 0 Å². The van der Waals surface area contributed by atoms with E-state index < -0.39 is 35.3 Å². The highest BCUT2D eigenvalue weighted by Crippen LogP contribution is 2.35. The molecule has 0 bridgehead atoms. The molecular formula is C15H26N4O5. The number of aliphatic hydroxyl groups excluding tert-OH is 1. The molecule has 2 heterocycles. The maximum absolute atomic E-state index is 12.5. The van der Waals surface area contributed by atoms with E-state index in [4.69, 9.17) is 10.5 Å². The summed E-state index contributed by atoms with van der Waals surface area (Å²) < 4.78 is 5.39. The molecule has 0 aromatic heterocycles. The van der Waals surface area contributed by atoms with Crippen molar-refractivity contribution in [3.8, 4) is 0 Å². The lowest BCUT2D eigenvalue weighted by molar-refractivity contribution is -0.140. The minimum Gasteiger partial charge on any atom is -0.444 e. The largest absolute Gasteiger partial charge is 0.444 e. The van der Waals surface area contributed by atoms with E-state index in [1.807, 2.05) is 0 Å². The molecule has 9 heteroatoms. The molecule has 1 spiro atoms. The summed E-state index contributed by atoms with van der Waals surface area (Å²) in [5.74, 6) is -0.932. The summed E-state index contributed by atoms with van der Waals surface area (Å²) in [5.41, 5.74) is 3.64. The van der Waals surface area contributed by atoms with Gasteiger partial charge in [-0.05, 0) is 34.1 Å². The molecular weight excluding hydrogens is 316 g/mol. The Morgan fingerprint density at radius 3 is 2.50 bits per heavy atom. The molecule has 4 atom stereocenters. The molecule has 0 saturated carbocycles. The lowest BCUT2D eigenvalue weighted by Crippen LogP contribution is -2.71. The van der Waals surface area contributed by atoms with E-state index in [9.17, 15) is 19.5 Å². The van der Waals surface area contributed by atoms with E-state index in [1.54, 1.807) is 20.8 Å². The van der Waals surface area contributed by atoms with Gasteiger partial charge in [0.1, 0.15) is 17.2 Å². The van der Waals surface area contributed by atoms with Crippen molar-refractivity contribution in [2.75, 3.05) is 13.1 Å². The summed E-state index contributed by atoms with van der Waals surface area (Å²) in [6, 6.07) is -1.30. The first-order valence-corrected chi connectivity index (χ1v) is 7.98. The number of amides is 3. The normalized spacial score (nSPS) is 29.0. The predicted molar refractivity (Wildman–Crippen MR) is 84.9 cm³/mol. The Kier molecular flexibility index (Phi) is 4.78. The minimum atomic E-state index is -0.982. The number of rotatable bonds is 4. The first-order valence-electron chi connectivity index (χ1n) is 7.98. The number of hydrogen-bond acceptors (Lipinski definition) is 6. The number of nitrogens with two attached hydrogens (primary N) is 1. The number of nitrogens with zero attached hydrogens (tertiary/aromatic N) is 1. The van der Waals surface area contributed by atoms with E-state index in [0.29, 0.717) is 13.0 Å². The van der Waals surface area contributed by atoms with E-state index >= 15 is 0 Å². The van der Waals surface area contributed by atoms with Crippen LogP contribution in [-0.4, -0.2) is 70.3 Å². The van der Waals surface area contributed by atoms with Gasteiger partial charge in [0.15, 0.2) is 0 Å². The molecule has 9 nitrogen and oxygen atoms in total. The third-order valence-corrected chi connectivity index (χ3v) is 4.29. The van der Waals surface area contributed by atoms with Crippen LogP contribution in [0.5, 0.6) is 0 Å². The van der Waals surface area contributed by atoms with Gasteiger partial charge in [-0.25, -0.2) is 4.79 Å². The lowest BCUT2D eigenvalue weighted by Gasteiger charge is -2.44. The van der Waals surface area contributed by atoms with Crippen LogP contribution in [0.15, 0.2) is 0 Å². The summed E-state index contributed by atoms with van der Waals surface area (Å²) in [6.45, 7) is 7.23. The second-order valence-corrected chi connectivity index (χ2v) is 7.49. The summed E-state index contributed by atoms with van der Waals surface area (Å²) in [5, 5.41) is 15.3. The number of β-lactam (4-membered cyclic amide) rings is 1. The topological polar surface area (TPSA) is 134 Å². The Morgan fingerprint density at radius 2 is 2.12 bits per heavy atom. The Bertz CT molecular complexity index is 544. The maximum Gasteiger partial charge on any atom is 0.411 e. The monoisotopic (exact) mass is 342 g/mol. The highest BCUT2D eigenvalue weighted by molar-refractivity contribution is 5.96. The second kappa shape index (κ2) is 6.21. The quantitative estimate of drug-likeness (QED) is 0.469.